The molecule has 0 saturated heterocycles. The summed E-state index contributed by atoms with van der Waals surface area (Å²) in [5, 5.41) is 0.622. The number of carbonyl (C=O) groups excluding carboxylic acids is 2. The first-order valence-corrected chi connectivity index (χ1v) is 6.22. The van der Waals surface area contributed by atoms with E-state index in [1.54, 1.807) is 13.0 Å². The van der Waals surface area contributed by atoms with Crippen LogP contribution in [0.15, 0.2) is 24.3 Å². The quantitative estimate of drug-likeness (QED) is 0.807. The molecule has 1 fully saturated rings. The monoisotopic (exact) mass is 250 g/mol. The van der Waals surface area contributed by atoms with Crippen molar-refractivity contribution in [3.8, 4) is 0 Å². The number of halogens is 1. The molecular formula is C14H15ClO2. The smallest absolute Gasteiger partial charge is 0.140 e. The van der Waals surface area contributed by atoms with E-state index < -0.39 is 5.41 Å². The van der Waals surface area contributed by atoms with E-state index in [-0.39, 0.29) is 11.6 Å². The highest BCUT2D eigenvalue weighted by molar-refractivity contribution is 6.31. The first kappa shape index (κ1) is 12.3. The third kappa shape index (κ3) is 2.14. The fourth-order valence-corrected chi connectivity index (χ4v) is 2.93. The second-order valence-electron chi connectivity index (χ2n) is 4.66. The summed E-state index contributed by atoms with van der Waals surface area (Å²) in [7, 11) is 0. The summed E-state index contributed by atoms with van der Waals surface area (Å²) in [4.78, 5) is 23.4. The van der Waals surface area contributed by atoms with Crippen molar-refractivity contribution in [3.05, 3.63) is 34.9 Å². The van der Waals surface area contributed by atoms with Gasteiger partial charge >= 0.3 is 0 Å². The summed E-state index contributed by atoms with van der Waals surface area (Å²) in [6.07, 6.45) is 2.13. The molecule has 0 heterocycles. The fourth-order valence-electron chi connectivity index (χ4n) is 2.62. The third-order valence-corrected chi connectivity index (χ3v) is 4.05. The SMILES string of the molecule is CC(=O)C1(c2ccccc2Cl)CCC(=O)CC1. The Morgan fingerprint density at radius 3 is 2.35 bits per heavy atom. The first-order chi connectivity index (χ1) is 8.06. The van der Waals surface area contributed by atoms with Crippen LogP contribution in [0.5, 0.6) is 0 Å². The minimum atomic E-state index is -0.549. The van der Waals surface area contributed by atoms with Gasteiger partial charge in [0.1, 0.15) is 11.6 Å². The van der Waals surface area contributed by atoms with Crippen LogP contribution in [0.2, 0.25) is 5.02 Å². The van der Waals surface area contributed by atoms with E-state index in [1.807, 2.05) is 18.2 Å². The van der Waals surface area contributed by atoms with Gasteiger partial charge in [0.05, 0.1) is 5.41 Å². The molecule has 3 heteroatoms. The van der Waals surface area contributed by atoms with E-state index in [9.17, 15) is 9.59 Å². The van der Waals surface area contributed by atoms with Crippen molar-refractivity contribution in [2.45, 2.75) is 38.0 Å². The molecule has 0 N–H and O–H groups in total. The Labute approximate surface area is 106 Å². The molecule has 0 radical (unpaired) electrons. The molecule has 0 amide bonds. The average Bonchev–Trinajstić information content (AvgIpc) is 2.31. The van der Waals surface area contributed by atoms with Crippen LogP contribution < -0.4 is 0 Å². The number of rotatable bonds is 2. The molecule has 0 aromatic heterocycles. The van der Waals surface area contributed by atoms with E-state index in [1.165, 1.54) is 0 Å². The highest BCUT2D eigenvalue weighted by Gasteiger charge is 2.41. The lowest BCUT2D eigenvalue weighted by Crippen LogP contribution is -2.38. The molecule has 2 nitrogen and oxygen atoms in total. The van der Waals surface area contributed by atoms with Crippen LogP contribution in [0.3, 0.4) is 0 Å². The maximum Gasteiger partial charge on any atom is 0.140 e. The molecule has 0 aliphatic heterocycles. The van der Waals surface area contributed by atoms with Gasteiger partial charge in [0, 0.05) is 17.9 Å². The third-order valence-electron chi connectivity index (χ3n) is 3.72. The highest BCUT2D eigenvalue weighted by Crippen LogP contribution is 2.41. The van der Waals surface area contributed by atoms with Crippen molar-refractivity contribution in [3.63, 3.8) is 0 Å². The van der Waals surface area contributed by atoms with Gasteiger partial charge in [-0.05, 0) is 31.4 Å². The number of ketones is 2. The molecule has 1 aromatic rings. The lowest BCUT2D eigenvalue weighted by molar-refractivity contribution is -0.127. The van der Waals surface area contributed by atoms with Crippen LogP contribution >= 0.6 is 11.6 Å². The molecule has 90 valence electrons. The number of hydrogen-bond acceptors (Lipinski definition) is 2. The Balaban J connectivity index is 2.46. The van der Waals surface area contributed by atoms with Crippen LogP contribution in [0, 0.1) is 0 Å². The maximum atomic E-state index is 12.0. The topological polar surface area (TPSA) is 34.1 Å². The summed E-state index contributed by atoms with van der Waals surface area (Å²) in [5.74, 6) is 0.354. The molecule has 17 heavy (non-hydrogen) atoms. The van der Waals surface area contributed by atoms with Gasteiger partial charge in [0.15, 0.2) is 0 Å². The van der Waals surface area contributed by atoms with Crippen molar-refractivity contribution in [1.82, 2.24) is 0 Å². The number of carbonyl (C=O) groups is 2. The fraction of sp³-hybridized carbons (Fsp3) is 0.429. The zero-order valence-corrected chi connectivity index (χ0v) is 10.6. The van der Waals surface area contributed by atoms with Gasteiger partial charge in [0.2, 0.25) is 0 Å². The predicted octanol–water partition coefficient (Wildman–Crippen LogP) is 3.31. The molecular weight excluding hydrogens is 236 g/mol. The largest absolute Gasteiger partial charge is 0.300 e. The van der Waals surface area contributed by atoms with Crippen molar-refractivity contribution >= 4 is 23.2 Å². The Hall–Kier alpha value is -1.15. The normalized spacial score (nSPS) is 19.1. The molecule has 0 atom stereocenters. The Kier molecular flexibility index (Phi) is 3.34. The molecule has 2 rings (SSSR count). The van der Waals surface area contributed by atoms with Gasteiger partial charge in [-0.3, -0.25) is 9.59 Å². The minimum Gasteiger partial charge on any atom is -0.300 e. The van der Waals surface area contributed by atoms with Crippen LogP contribution in [-0.4, -0.2) is 11.6 Å². The van der Waals surface area contributed by atoms with Crippen LogP contribution in [0.25, 0.3) is 0 Å². The van der Waals surface area contributed by atoms with Crippen LogP contribution in [0.4, 0.5) is 0 Å². The second-order valence-corrected chi connectivity index (χ2v) is 5.06. The Morgan fingerprint density at radius 2 is 1.82 bits per heavy atom. The maximum absolute atomic E-state index is 12.0. The number of Topliss-reactive ketones (excluding diaryl/α,β-unsaturated/α-hetero) is 2. The molecule has 0 spiro atoms. The minimum absolute atomic E-state index is 0.109. The highest BCUT2D eigenvalue weighted by atomic mass is 35.5. The predicted molar refractivity (Wildman–Crippen MR) is 67.3 cm³/mol. The van der Waals surface area contributed by atoms with E-state index >= 15 is 0 Å². The lowest BCUT2D eigenvalue weighted by atomic mass is 9.67. The average molecular weight is 251 g/mol. The van der Waals surface area contributed by atoms with Gasteiger partial charge in [-0.2, -0.15) is 0 Å². The Bertz CT molecular complexity index is 455. The first-order valence-electron chi connectivity index (χ1n) is 5.84. The lowest BCUT2D eigenvalue weighted by Gasteiger charge is -2.35. The second kappa shape index (κ2) is 4.61. The number of hydrogen-bond donors (Lipinski definition) is 0. The molecule has 1 saturated carbocycles. The number of benzene rings is 1. The van der Waals surface area contributed by atoms with E-state index in [2.05, 4.69) is 0 Å². The zero-order valence-electron chi connectivity index (χ0n) is 9.83. The molecule has 1 aliphatic rings. The van der Waals surface area contributed by atoms with E-state index in [0.717, 1.165) is 5.56 Å². The van der Waals surface area contributed by atoms with E-state index in [4.69, 9.17) is 11.6 Å². The van der Waals surface area contributed by atoms with Gasteiger partial charge in [0.25, 0.3) is 0 Å². The van der Waals surface area contributed by atoms with Crippen molar-refractivity contribution in [2.75, 3.05) is 0 Å². The van der Waals surface area contributed by atoms with Gasteiger partial charge < -0.3 is 0 Å². The summed E-state index contributed by atoms with van der Waals surface area (Å²) >= 11 is 6.19. The molecule has 0 bridgehead atoms. The van der Waals surface area contributed by atoms with Crippen molar-refractivity contribution in [2.24, 2.45) is 0 Å². The molecule has 1 aliphatic carbocycles. The Morgan fingerprint density at radius 1 is 1.24 bits per heavy atom. The standard InChI is InChI=1S/C14H15ClO2/c1-10(16)14(8-6-11(17)7-9-14)12-4-2-3-5-13(12)15/h2-5H,6-9H2,1H3. The summed E-state index contributed by atoms with van der Waals surface area (Å²) in [6, 6.07) is 7.45. The van der Waals surface area contributed by atoms with Gasteiger partial charge in [-0.1, -0.05) is 29.8 Å². The summed E-state index contributed by atoms with van der Waals surface area (Å²) in [6.45, 7) is 1.60. The van der Waals surface area contributed by atoms with Gasteiger partial charge in [-0.25, -0.2) is 0 Å². The van der Waals surface area contributed by atoms with Crippen LogP contribution in [-0.2, 0) is 15.0 Å². The van der Waals surface area contributed by atoms with E-state index in [0.29, 0.717) is 30.7 Å². The molecule has 1 aromatic carbocycles. The van der Waals surface area contributed by atoms with Gasteiger partial charge in [-0.15, -0.1) is 0 Å². The van der Waals surface area contributed by atoms with Crippen LogP contribution in [0.1, 0.15) is 38.2 Å². The van der Waals surface area contributed by atoms with Crippen molar-refractivity contribution < 1.29 is 9.59 Å². The molecule has 0 unspecified atom stereocenters. The summed E-state index contributed by atoms with van der Waals surface area (Å²) < 4.78 is 0. The van der Waals surface area contributed by atoms with Crippen molar-refractivity contribution in [1.29, 1.82) is 0 Å². The zero-order chi connectivity index (χ0) is 12.5. The summed E-state index contributed by atoms with van der Waals surface area (Å²) in [5.41, 5.74) is 0.327.